The van der Waals surface area contributed by atoms with Crippen LogP contribution < -0.4 is 4.90 Å². The Kier molecular flexibility index (Phi) is 3.53. The van der Waals surface area contributed by atoms with Gasteiger partial charge in [-0.3, -0.25) is 9.88 Å². The zero-order valence-electron chi connectivity index (χ0n) is 13.4. The van der Waals surface area contributed by atoms with Gasteiger partial charge in [0.05, 0.1) is 5.69 Å². The molecule has 2 aromatic heterocycles. The molecule has 7 heteroatoms. The molecule has 0 amide bonds. The highest BCUT2D eigenvalue weighted by Crippen LogP contribution is 2.38. The average molecular weight is 403 g/mol. The van der Waals surface area contributed by atoms with E-state index in [1.807, 2.05) is 12.3 Å². The van der Waals surface area contributed by atoms with Crippen LogP contribution in [0.1, 0.15) is 12.1 Å². The van der Waals surface area contributed by atoms with Crippen molar-refractivity contribution in [2.75, 3.05) is 18.0 Å². The standard InChI is InChI=1S/C18H16BrFN4O/c19-11-1-3-13(21-7-11)8-23-9-14-6-15(10-23)24(14)18-22-16-5-12(20)2-4-17(16)25-18/h1-5,7,14-15H,6,8-10H2. The maximum atomic E-state index is 13.3. The second-order valence-corrected chi connectivity index (χ2v) is 7.64. The summed E-state index contributed by atoms with van der Waals surface area (Å²) in [5.41, 5.74) is 2.29. The zero-order valence-corrected chi connectivity index (χ0v) is 15.0. The van der Waals surface area contributed by atoms with E-state index in [1.54, 1.807) is 6.07 Å². The summed E-state index contributed by atoms with van der Waals surface area (Å²) in [6, 6.07) is 9.95. The molecule has 25 heavy (non-hydrogen) atoms. The van der Waals surface area contributed by atoms with Gasteiger partial charge in [-0.15, -0.1) is 0 Å². The molecule has 2 unspecified atom stereocenters. The molecular weight excluding hydrogens is 387 g/mol. The fourth-order valence-electron chi connectivity index (χ4n) is 3.87. The van der Waals surface area contributed by atoms with E-state index in [0.29, 0.717) is 29.2 Å². The minimum atomic E-state index is -0.288. The summed E-state index contributed by atoms with van der Waals surface area (Å²) in [6.45, 7) is 2.77. The van der Waals surface area contributed by atoms with Crippen molar-refractivity contribution in [1.29, 1.82) is 0 Å². The lowest BCUT2D eigenvalue weighted by Crippen LogP contribution is -2.68. The lowest BCUT2D eigenvalue weighted by Gasteiger charge is -2.55. The fourth-order valence-corrected chi connectivity index (χ4v) is 4.10. The van der Waals surface area contributed by atoms with E-state index >= 15 is 0 Å². The van der Waals surface area contributed by atoms with Crippen LogP contribution in [0.4, 0.5) is 10.4 Å². The fraction of sp³-hybridized carbons (Fsp3) is 0.333. The number of aromatic nitrogens is 2. The van der Waals surface area contributed by atoms with Gasteiger partial charge in [0, 0.05) is 48.5 Å². The Hall–Kier alpha value is -1.99. The minimum absolute atomic E-state index is 0.288. The number of oxazole rings is 1. The Morgan fingerprint density at radius 2 is 2.04 bits per heavy atom. The van der Waals surface area contributed by atoms with Crippen molar-refractivity contribution in [3.05, 3.63) is 52.5 Å². The quantitative estimate of drug-likeness (QED) is 0.669. The Labute approximate surface area is 152 Å². The molecule has 6 rings (SSSR count). The Morgan fingerprint density at radius 1 is 1.20 bits per heavy atom. The van der Waals surface area contributed by atoms with Gasteiger partial charge in [0.25, 0.3) is 6.01 Å². The lowest BCUT2D eigenvalue weighted by atomic mass is 9.88. The molecule has 0 spiro atoms. The van der Waals surface area contributed by atoms with Crippen molar-refractivity contribution in [2.45, 2.75) is 25.0 Å². The SMILES string of the molecule is Fc1ccc2oc(N3C4CC3CN(Cc3ccc(Br)cn3)C4)nc2c1. The van der Waals surface area contributed by atoms with Gasteiger partial charge >= 0.3 is 0 Å². The first-order valence-electron chi connectivity index (χ1n) is 8.33. The van der Waals surface area contributed by atoms with Gasteiger partial charge in [-0.05, 0) is 46.6 Å². The summed E-state index contributed by atoms with van der Waals surface area (Å²) in [6.07, 6.45) is 2.99. The van der Waals surface area contributed by atoms with E-state index < -0.39 is 0 Å². The highest BCUT2D eigenvalue weighted by molar-refractivity contribution is 9.10. The van der Waals surface area contributed by atoms with Crippen molar-refractivity contribution in [3.63, 3.8) is 0 Å². The van der Waals surface area contributed by atoms with Gasteiger partial charge in [-0.2, -0.15) is 4.98 Å². The number of pyridine rings is 1. The van der Waals surface area contributed by atoms with E-state index in [9.17, 15) is 4.39 Å². The molecule has 3 aromatic rings. The van der Waals surface area contributed by atoms with Crippen molar-refractivity contribution in [3.8, 4) is 0 Å². The summed E-state index contributed by atoms with van der Waals surface area (Å²) >= 11 is 3.42. The molecule has 3 fully saturated rings. The molecule has 5 nitrogen and oxygen atoms in total. The molecule has 2 atom stereocenters. The number of piperazine rings is 1. The zero-order chi connectivity index (χ0) is 17.0. The van der Waals surface area contributed by atoms with E-state index in [1.165, 1.54) is 12.1 Å². The molecule has 3 aliphatic rings. The maximum Gasteiger partial charge on any atom is 0.298 e. The van der Waals surface area contributed by atoms with Crippen LogP contribution >= 0.6 is 15.9 Å². The summed E-state index contributed by atoms with van der Waals surface area (Å²) in [5, 5.41) is 0. The Bertz CT molecular complexity index is 916. The topological polar surface area (TPSA) is 45.4 Å². The Balaban J connectivity index is 1.31. The van der Waals surface area contributed by atoms with Gasteiger partial charge in [0.15, 0.2) is 5.58 Å². The number of rotatable bonds is 3. The highest BCUT2D eigenvalue weighted by Gasteiger charge is 2.46. The molecule has 0 aliphatic carbocycles. The number of halogens is 2. The number of hydrogen-bond donors (Lipinski definition) is 0. The molecule has 128 valence electrons. The third-order valence-corrected chi connectivity index (χ3v) is 5.47. The van der Waals surface area contributed by atoms with Gasteiger partial charge < -0.3 is 9.32 Å². The van der Waals surface area contributed by atoms with Crippen LogP contribution in [0, 0.1) is 5.82 Å². The average Bonchev–Trinajstić information content (AvgIpc) is 2.99. The van der Waals surface area contributed by atoms with Gasteiger partial charge in [0.1, 0.15) is 11.3 Å². The normalized spacial score (nSPS) is 23.0. The van der Waals surface area contributed by atoms with Crippen LogP contribution in [0.25, 0.3) is 11.1 Å². The molecule has 2 bridgehead atoms. The molecule has 1 aromatic carbocycles. The second-order valence-electron chi connectivity index (χ2n) is 6.72. The van der Waals surface area contributed by atoms with Gasteiger partial charge in [-0.1, -0.05) is 0 Å². The third kappa shape index (κ3) is 2.71. The van der Waals surface area contributed by atoms with Crippen LogP contribution in [0.5, 0.6) is 0 Å². The Morgan fingerprint density at radius 3 is 2.80 bits per heavy atom. The molecule has 3 aliphatic heterocycles. The summed E-state index contributed by atoms with van der Waals surface area (Å²) in [5.74, 6) is -0.288. The van der Waals surface area contributed by atoms with Crippen molar-refractivity contribution < 1.29 is 8.81 Å². The number of piperidine rings is 1. The highest BCUT2D eigenvalue weighted by atomic mass is 79.9. The number of anilines is 1. The first-order valence-corrected chi connectivity index (χ1v) is 9.12. The first kappa shape index (κ1) is 15.3. The van der Waals surface area contributed by atoms with Crippen molar-refractivity contribution in [2.24, 2.45) is 0 Å². The number of nitrogens with zero attached hydrogens (tertiary/aromatic N) is 4. The summed E-state index contributed by atoms with van der Waals surface area (Å²) in [7, 11) is 0. The number of hydrogen-bond acceptors (Lipinski definition) is 5. The van der Waals surface area contributed by atoms with Crippen LogP contribution in [0.15, 0.2) is 45.4 Å². The molecule has 3 saturated heterocycles. The smallest absolute Gasteiger partial charge is 0.298 e. The van der Waals surface area contributed by atoms with Crippen molar-refractivity contribution >= 4 is 33.0 Å². The lowest BCUT2D eigenvalue weighted by molar-refractivity contribution is 0.102. The molecule has 0 N–H and O–H groups in total. The van der Waals surface area contributed by atoms with Crippen molar-refractivity contribution in [1.82, 2.24) is 14.9 Å². The number of benzene rings is 1. The molecule has 5 heterocycles. The van der Waals surface area contributed by atoms with Gasteiger partial charge in [0.2, 0.25) is 0 Å². The summed E-state index contributed by atoms with van der Waals surface area (Å²) in [4.78, 5) is 13.6. The van der Waals surface area contributed by atoms with Crippen LogP contribution in [0.3, 0.4) is 0 Å². The molecule has 0 radical (unpaired) electrons. The van der Waals surface area contributed by atoms with Crippen LogP contribution in [0.2, 0.25) is 0 Å². The maximum absolute atomic E-state index is 13.3. The monoisotopic (exact) mass is 402 g/mol. The van der Waals surface area contributed by atoms with E-state index in [2.05, 4.69) is 41.8 Å². The van der Waals surface area contributed by atoms with E-state index in [4.69, 9.17) is 4.42 Å². The second kappa shape index (κ2) is 5.78. The van der Waals surface area contributed by atoms with Gasteiger partial charge in [-0.25, -0.2) is 4.39 Å². The van der Waals surface area contributed by atoms with E-state index in [-0.39, 0.29) is 5.82 Å². The molecule has 0 saturated carbocycles. The largest absolute Gasteiger partial charge is 0.423 e. The first-order chi connectivity index (χ1) is 12.2. The minimum Gasteiger partial charge on any atom is -0.423 e. The van der Waals surface area contributed by atoms with E-state index in [0.717, 1.165) is 36.2 Å². The van der Waals surface area contributed by atoms with Crippen LogP contribution in [-0.2, 0) is 6.54 Å². The summed E-state index contributed by atoms with van der Waals surface area (Å²) < 4.78 is 20.2. The van der Waals surface area contributed by atoms with Crippen LogP contribution in [-0.4, -0.2) is 40.0 Å². The predicted octanol–water partition coefficient (Wildman–Crippen LogP) is 3.59. The predicted molar refractivity (Wildman–Crippen MR) is 95.9 cm³/mol. The molecular formula is C18H16BrFN4O. The third-order valence-electron chi connectivity index (χ3n) is 5.00. The number of fused-ring (bicyclic) bond motifs is 3.